The van der Waals surface area contributed by atoms with E-state index in [1.54, 1.807) is 0 Å². The molecule has 0 radical (unpaired) electrons. The highest BCUT2D eigenvalue weighted by Gasteiger charge is 2.07. The van der Waals surface area contributed by atoms with Crippen LogP contribution < -0.4 is 0 Å². The smallest absolute Gasteiger partial charge is 0.0787 e. The summed E-state index contributed by atoms with van der Waals surface area (Å²) in [4.78, 5) is 9.76. The van der Waals surface area contributed by atoms with Crippen LogP contribution in [0, 0.1) is 0 Å². The van der Waals surface area contributed by atoms with Gasteiger partial charge in [0.15, 0.2) is 0 Å². The van der Waals surface area contributed by atoms with Crippen molar-refractivity contribution >= 4 is 56.1 Å². The number of hydrogen-bond donors (Lipinski definition) is 0. The fourth-order valence-electron chi connectivity index (χ4n) is 4.52. The van der Waals surface area contributed by atoms with Crippen molar-refractivity contribution in [1.82, 2.24) is 4.57 Å². The largest absolute Gasteiger partial charge is 0.342 e. The average molecular weight is 438 g/mol. The minimum absolute atomic E-state index is 0.969. The predicted octanol–water partition coefficient (Wildman–Crippen LogP) is 7.99. The van der Waals surface area contributed by atoms with Gasteiger partial charge in [-0.3, -0.25) is 9.98 Å². The molecule has 3 heteroatoms. The van der Waals surface area contributed by atoms with Crippen LogP contribution in [0.4, 0.5) is 11.4 Å². The van der Waals surface area contributed by atoms with Crippen LogP contribution in [-0.4, -0.2) is 17.0 Å². The number of nitrogens with zero attached hydrogens (tertiary/aromatic N) is 3. The monoisotopic (exact) mass is 437 g/mol. The first kappa shape index (κ1) is 20.1. The van der Waals surface area contributed by atoms with Crippen molar-refractivity contribution in [2.75, 3.05) is 0 Å². The van der Waals surface area contributed by atoms with Crippen molar-refractivity contribution < 1.29 is 0 Å². The van der Waals surface area contributed by atoms with E-state index in [0.717, 1.165) is 38.9 Å². The molecule has 0 saturated heterocycles. The summed E-state index contributed by atoms with van der Waals surface area (Å²) < 4.78 is 2.12. The van der Waals surface area contributed by atoms with Crippen LogP contribution in [0.3, 0.4) is 0 Å². The first-order valence-corrected chi connectivity index (χ1v) is 11.4. The second kappa shape index (κ2) is 8.45. The Morgan fingerprint density at radius 3 is 1.74 bits per heavy atom. The number of fused-ring (bicyclic) bond motifs is 3. The maximum absolute atomic E-state index is 4.98. The van der Waals surface area contributed by atoms with Crippen LogP contribution in [0.25, 0.3) is 32.3 Å². The van der Waals surface area contributed by atoms with Gasteiger partial charge in [0, 0.05) is 23.2 Å². The summed E-state index contributed by atoms with van der Waals surface area (Å²) in [5.74, 6) is 0. The molecule has 0 fully saturated rings. The van der Waals surface area contributed by atoms with E-state index >= 15 is 0 Å². The number of aliphatic imine (C=N–C) groups is 2. The molecule has 3 nitrogen and oxygen atoms in total. The van der Waals surface area contributed by atoms with Crippen molar-refractivity contribution in [3.63, 3.8) is 0 Å². The molecule has 0 aliphatic carbocycles. The van der Waals surface area contributed by atoms with Crippen LogP contribution in [0.2, 0.25) is 0 Å². The molecule has 162 valence electrons. The van der Waals surface area contributed by atoms with Gasteiger partial charge in [0.05, 0.1) is 35.2 Å². The summed E-state index contributed by atoms with van der Waals surface area (Å²) in [5, 5.41) is 7.05. The lowest BCUT2D eigenvalue weighted by atomic mass is 10.0. The second-order valence-electron chi connectivity index (χ2n) is 8.42. The number of aromatic nitrogens is 1. The van der Waals surface area contributed by atoms with E-state index in [4.69, 9.17) is 9.98 Å². The minimum Gasteiger partial charge on any atom is -0.342 e. The Labute approximate surface area is 198 Å². The highest BCUT2D eigenvalue weighted by molar-refractivity contribution is 6.11. The van der Waals surface area contributed by atoms with Crippen LogP contribution in [0.5, 0.6) is 0 Å². The first-order valence-electron chi connectivity index (χ1n) is 11.4. The Kier molecular flexibility index (Phi) is 5.00. The zero-order valence-electron chi connectivity index (χ0n) is 18.9. The molecule has 0 spiro atoms. The van der Waals surface area contributed by atoms with Crippen LogP contribution in [0.15, 0.2) is 119 Å². The fraction of sp³-hybridized carbons (Fsp3) is 0.0323. The lowest BCUT2D eigenvalue weighted by molar-refractivity contribution is 0.909. The topological polar surface area (TPSA) is 29.6 Å². The molecule has 0 amide bonds. The van der Waals surface area contributed by atoms with E-state index < -0.39 is 0 Å². The molecule has 0 aliphatic heterocycles. The maximum Gasteiger partial charge on any atom is 0.0787 e. The lowest BCUT2D eigenvalue weighted by Gasteiger charge is -2.08. The van der Waals surface area contributed by atoms with Gasteiger partial charge in [-0.05, 0) is 40.4 Å². The molecule has 0 bridgehead atoms. The molecule has 0 N–H and O–H groups in total. The van der Waals surface area contributed by atoms with Gasteiger partial charge in [-0.15, -0.1) is 0 Å². The Hall–Kier alpha value is -4.50. The first-order chi connectivity index (χ1) is 16.8. The molecule has 1 aromatic heterocycles. The van der Waals surface area contributed by atoms with Gasteiger partial charge in [-0.1, -0.05) is 84.9 Å². The lowest BCUT2D eigenvalue weighted by Crippen LogP contribution is -1.99. The van der Waals surface area contributed by atoms with Crippen LogP contribution in [0.1, 0.15) is 11.4 Å². The van der Waals surface area contributed by atoms with Gasteiger partial charge in [-0.2, -0.15) is 0 Å². The maximum atomic E-state index is 4.98. The number of hydrogen-bond acceptors (Lipinski definition) is 2. The van der Waals surface area contributed by atoms with E-state index in [1.807, 2.05) is 25.5 Å². The molecular weight excluding hydrogens is 414 g/mol. The molecule has 0 atom stereocenters. The average Bonchev–Trinajstić information content (AvgIpc) is 3.24. The molecule has 1 heterocycles. The Morgan fingerprint density at radius 2 is 1.06 bits per heavy atom. The van der Waals surface area contributed by atoms with Crippen molar-refractivity contribution in [3.05, 3.63) is 121 Å². The van der Waals surface area contributed by atoms with Gasteiger partial charge < -0.3 is 4.57 Å². The van der Waals surface area contributed by atoms with Crippen LogP contribution in [-0.2, 0) is 7.05 Å². The standard InChI is InChI=1S/C31H23N3/c1-34-25(20-32-30-16-8-12-22-9-2-5-13-27(22)30)17-18-26(34)21-33-31-28-14-6-3-10-23(28)19-24-11-4-7-15-29(24)31/h2-21H,1H3. The predicted molar refractivity (Wildman–Crippen MR) is 145 cm³/mol. The summed E-state index contributed by atoms with van der Waals surface area (Å²) in [7, 11) is 2.05. The molecule has 0 unspecified atom stereocenters. The minimum atomic E-state index is 0.969. The van der Waals surface area contributed by atoms with Crippen LogP contribution >= 0.6 is 0 Å². The normalized spacial score (nSPS) is 12.0. The zero-order valence-corrected chi connectivity index (χ0v) is 18.9. The van der Waals surface area contributed by atoms with Gasteiger partial charge in [0.2, 0.25) is 0 Å². The molecule has 6 aromatic rings. The molecule has 34 heavy (non-hydrogen) atoms. The van der Waals surface area contributed by atoms with Gasteiger partial charge in [0.25, 0.3) is 0 Å². The van der Waals surface area contributed by atoms with Gasteiger partial charge >= 0.3 is 0 Å². The highest BCUT2D eigenvalue weighted by Crippen LogP contribution is 2.35. The summed E-state index contributed by atoms with van der Waals surface area (Å²) >= 11 is 0. The third-order valence-electron chi connectivity index (χ3n) is 6.37. The van der Waals surface area contributed by atoms with E-state index in [2.05, 4.69) is 108 Å². The Bertz CT molecular complexity index is 1660. The van der Waals surface area contributed by atoms with E-state index in [9.17, 15) is 0 Å². The summed E-state index contributed by atoms with van der Waals surface area (Å²) in [6, 6.07) is 37.8. The highest BCUT2D eigenvalue weighted by atomic mass is 15.0. The van der Waals surface area contributed by atoms with E-state index in [1.165, 1.54) is 16.2 Å². The molecule has 6 rings (SSSR count). The van der Waals surface area contributed by atoms with Crippen molar-refractivity contribution in [1.29, 1.82) is 0 Å². The molecular formula is C31H23N3. The quantitative estimate of drug-likeness (QED) is 0.198. The van der Waals surface area contributed by atoms with E-state index in [0.29, 0.717) is 0 Å². The SMILES string of the molecule is Cn1c(C=Nc2cccc3ccccc23)ccc1C=Nc1c2ccccc2cc2ccccc12. The fourth-order valence-corrected chi connectivity index (χ4v) is 4.52. The van der Waals surface area contributed by atoms with E-state index in [-0.39, 0.29) is 0 Å². The Balaban J connectivity index is 1.37. The summed E-state index contributed by atoms with van der Waals surface area (Å²) in [6.07, 6.45) is 3.87. The number of rotatable bonds is 4. The molecule has 5 aromatic carbocycles. The number of benzene rings is 5. The third kappa shape index (κ3) is 3.57. The summed E-state index contributed by atoms with van der Waals surface area (Å²) in [5.41, 5.74) is 4.02. The van der Waals surface area contributed by atoms with Gasteiger partial charge in [-0.25, -0.2) is 0 Å². The van der Waals surface area contributed by atoms with Crippen molar-refractivity contribution in [2.24, 2.45) is 17.0 Å². The van der Waals surface area contributed by atoms with Crippen molar-refractivity contribution in [3.8, 4) is 0 Å². The second-order valence-corrected chi connectivity index (χ2v) is 8.42. The van der Waals surface area contributed by atoms with Gasteiger partial charge in [0.1, 0.15) is 0 Å². The molecule has 0 aliphatic rings. The zero-order chi connectivity index (χ0) is 22.9. The van der Waals surface area contributed by atoms with Crippen molar-refractivity contribution in [2.45, 2.75) is 0 Å². The Morgan fingerprint density at radius 1 is 0.529 bits per heavy atom. The third-order valence-corrected chi connectivity index (χ3v) is 6.37. The molecule has 0 saturated carbocycles. The summed E-state index contributed by atoms with van der Waals surface area (Å²) in [6.45, 7) is 0.